The molecule has 1 heterocycles. The number of halogens is 1. The van der Waals surface area contributed by atoms with E-state index in [1.54, 1.807) is 31.2 Å². The normalized spacial score (nSPS) is 10.1. The van der Waals surface area contributed by atoms with Crippen LogP contribution in [0.4, 0.5) is 5.13 Å². The monoisotopic (exact) mass is 310 g/mol. The van der Waals surface area contributed by atoms with Crippen molar-refractivity contribution in [1.29, 1.82) is 0 Å². The summed E-state index contributed by atoms with van der Waals surface area (Å²) >= 11 is 7.15. The minimum absolute atomic E-state index is 0.164. The van der Waals surface area contributed by atoms with Gasteiger partial charge in [-0.25, -0.2) is 0 Å². The van der Waals surface area contributed by atoms with Crippen LogP contribution in [0.15, 0.2) is 24.3 Å². The molecule has 2 N–H and O–H groups in total. The lowest BCUT2D eigenvalue weighted by molar-refractivity contribution is -0.115. The molecule has 1 aromatic heterocycles. The van der Waals surface area contributed by atoms with Crippen molar-refractivity contribution in [3.8, 4) is 0 Å². The highest BCUT2D eigenvalue weighted by atomic mass is 35.5. The Hall–Kier alpha value is -1.99. The van der Waals surface area contributed by atoms with Crippen LogP contribution in [0, 0.1) is 6.92 Å². The SMILES string of the molecule is Cc1nnc(NC(=O)CNC(=O)c2ccccc2Cl)s1. The molecule has 0 aliphatic rings. The van der Waals surface area contributed by atoms with Crippen LogP contribution in [-0.4, -0.2) is 28.6 Å². The summed E-state index contributed by atoms with van der Waals surface area (Å²) in [6.07, 6.45) is 0. The molecule has 0 aliphatic carbocycles. The van der Waals surface area contributed by atoms with E-state index in [4.69, 9.17) is 11.6 Å². The molecule has 0 saturated heterocycles. The maximum absolute atomic E-state index is 11.8. The Kier molecular flexibility index (Phi) is 4.65. The third-order valence-corrected chi connectivity index (χ3v) is 3.38. The van der Waals surface area contributed by atoms with E-state index < -0.39 is 5.91 Å². The summed E-state index contributed by atoms with van der Waals surface area (Å²) in [5.41, 5.74) is 0.328. The maximum Gasteiger partial charge on any atom is 0.253 e. The molecule has 2 aromatic rings. The Morgan fingerprint density at radius 1 is 1.30 bits per heavy atom. The maximum atomic E-state index is 11.8. The third kappa shape index (κ3) is 3.75. The summed E-state index contributed by atoms with van der Waals surface area (Å²) < 4.78 is 0. The number of hydrogen-bond acceptors (Lipinski definition) is 5. The van der Waals surface area contributed by atoms with Gasteiger partial charge in [-0.1, -0.05) is 35.1 Å². The average Bonchev–Trinajstić information content (AvgIpc) is 2.82. The first-order valence-electron chi connectivity index (χ1n) is 5.69. The highest BCUT2D eigenvalue weighted by Crippen LogP contribution is 2.15. The topological polar surface area (TPSA) is 84.0 Å². The number of aryl methyl sites for hydroxylation is 1. The molecular formula is C12H11ClN4O2S. The number of amides is 2. The van der Waals surface area contributed by atoms with Crippen LogP contribution in [-0.2, 0) is 4.79 Å². The van der Waals surface area contributed by atoms with Crippen LogP contribution < -0.4 is 10.6 Å². The lowest BCUT2D eigenvalue weighted by Gasteiger charge is -2.06. The smallest absolute Gasteiger partial charge is 0.253 e. The molecule has 0 unspecified atom stereocenters. The predicted molar refractivity (Wildman–Crippen MR) is 77.1 cm³/mol. The summed E-state index contributed by atoms with van der Waals surface area (Å²) in [6, 6.07) is 6.62. The number of carbonyl (C=O) groups is 2. The van der Waals surface area contributed by atoms with Gasteiger partial charge in [-0.15, -0.1) is 10.2 Å². The Morgan fingerprint density at radius 2 is 2.05 bits per heavy atom. The quantitative estimate of drug-likeness (QED) is 0.903. The molecule has 6 nitrogen and oxygen atoms in total. The second-order valence-electron chi connectivity index (χ2n) is 3.84. The fraction of sp³-hybridized carbons (Fsp3) is 0.167. The summed E-state index contributed by atoms with van der Waals surface area (Å²) in [4.78, 5) is 23.4. The van der Waals surface area contributed by atoms with E-state index in [0.29, 0.717) is 15.7 Å². The van der Waals surface area contributed by atoms with Crippen molar-refractivity contribution in [1.82, 2.24) is 15.5 Å². The van der Waals surface area contributed by atoms with E-state index >= 15 is 0 Å². The molecule has 0 fully saturated rings. The van der Waals surface area contributed by atoms with Crippen molar-refractivity contribution in [2.75, 3.05) is 11.9 Å². The Morgan fingerprint density at radius 3 is 2.70 bits per heavy atom. The molecule has 0 atom stereocenters. The van der Waals surface area contributed by atoms with Crippen LogP contribution in [0.3, 0.4) is 0 Å². The molecule has 104 valence electrons. The molecule has 0 spiro atoms. The van der Waals surface area contributed by atoms with Gasteiger partial charge in [0.2, 0.25) is 11.0 Å². The minimum atomic E-state index is -0.404. The molecule has 0 aliphatic heterocycles. The van der Waals surface area contributed by atoms with E-state index in [1.807, 2.05) is 0 Å². The Labute approximate surface area is 124 Å². The van der Waals surface area contributed by atoms with Crippen molar-refractivity contribution in [2.45, 2.75) is 6.92 Å². The van der Waals surface area contributed by atoms with Crippen molar-refractivity contribution >= 4 is 39.9 Å². The highest BCUT2D eigenvalue weighted by Gasteiger charge is 2.12. The van der Waals surface area contributed by atoms with E-state index in [1.165, 1.54) is 11.3 Å². The number of nitrogens with one attached hydrogen (secondary N) is 2. The van der Waals surface area contributed by atoms with Crippen LogP contribution in [0.1, 0.15) is 15.4 Å². The fourth-order valence-electron chi connectivity index (χ4n) is 1.41. The number of rotatable bonds is 4. The highest BCUT2D eigenvalue weighted by molar-refractivity contribution is 7.15. The van der Waals surface area contributed by atoms with E-state index in [2.05, 4.69) is 20.8 Å². The molecule has 2 rings (SSSR count). The number of nitrogens with zero attached hydrogens (tertiary/aromatic N) is 2. The van der Waals surface area contributed by atoms with E-state index in [0.717, 1.165) is 5.01 Å². The molecule has 20 heavy (non-hydrogen) atoms. The van der Waals surface area contributed by atoms with Crippen molar-refractivity contribution in [3.63, 3.8) is 0 Å². The summed E-state index contributed by atoms with van der Waals surface area (Å²) in [5.74, 6) is -0.777. The second-order valence-corrected chi connectivity index (χ2v) is 5.43. The van der Waals surface area contributed by atoms with Crippen molar-refractivity contribution < 1.29 is 9.59 Å². The average molecular weight is 311 g/mol. The van der Waals surface area contributed by atoms with Gasteiger partial charge in [-0.05, 0) is 19.1 Å². The molecule has 0 saturated carbocycles. The molecule has 0 bridgehead atoms. The molecule has 0 radical (unpaired) electrons. The zero-order valence-corrected chi connectivity index (χ0v) is 12.1. The van der Waals surface area contributed by atoms with Crippen molar-refractivity contribution in [3.05, 3.63) is 39.9 Å². The van der Waals surface area contributed by atoms with Gasteiger partial charge in [0.1, 0.15) is 5.01 Å². The largest absolute Gasteiger partial charge is 0.343 e. The summed E-state index contributed by atoms with van der Waals surface area (Å²) in [6.45, 7) is 1.62. The zero-order valence-electron chi connectivity index (χ0n) is 10.5. The Bertz CT molecular complexity index is 644. The van der Waals surface area contributed by atoms with Gasteiger partial charge in [0.15, 0.2) is 0 Å². The number of hydrogen-bond donors (Lipinski definition) is 2. The minimum Gasteiger partial charge on any atom is -0.343 e. The number of anilines is 1. The summed E-state index contributed by atoms with van der Waals surface area (Å²) in [7, 11) is 0. The third-order valence-electron chi connectivity index (χ3n) is 2.30. The lowest BCUT2D eigenvalue weighted by atomic mass is 10.2. The van der Waals surface area contributed by atoms with Crippen LogP contribution in [0.5, 0.6) is 0 Å². The van der Waals surface area contributed by atoms with Gasteiger partial charge in [0.25, 0.3) is 5.91 Å². The van der Waals surface area contributed by atoms with Gasteiger partial charge in [0.05, 0.1) is 17.1 Å². The summed E-state index contributed by atoms with van der Waals surface area (Å²) in [5, 5.41) is 14.1. The fourth-order valence-corrected chi connectivity index (χ4v) is 2.24. The van der Waals surface area contributed by atoms with Crippen LogP contribution in [0.25, 0.3) is 0 Å². The molecule has 1 aromatic carbocycles. The zero-order chi connectivity index (χ0) is 14.5. The number of aromatic nitrogens is 2. The second kappa shape index (κ2) is 6.44. The first-order valence-corrected chi connectivity index (χ1v) is 6.88. The Balaban J connectivity index is 1.87. The molecule has 8 heteroatoms. The first-order chi connectivity index (χ1) is 9.56. The van der Waals surface area contributed by atoms with Gasteiger partial charge >= 0.3 is 0 Å². The molecular weight excluding hydrogens is 300 g/mol. The lowest BCUT2D eigenvalue weighted by Crippen LogP contribution is -2.32. The van der Waals surface area contributed by atoms with Crippen molar-refractivity contribution in [2.24, 2.45) is 0 Å². The predicted octanol–water partition coefficient (Wildman–Crippen LogP) is 1.87. The van der Waals surface area contributed by atoms with Gasteiger partial charge < -0.3 is 5.32 Å². The number of carbonyl (C=O) groups excluding carboxylic acids is 2. The first kappa shape index (κ1) is 14.4. The van der Waals surface area contributed by atoms with Gasteiger partial charge in [0, 0.05) is 0 Å². The van der Waals surface area contributed by atoms with Crippen LogP contribution in [0.2, 0.25) is 5.02 Å². The molecule has 2 amide bonds. The van der Waals surface area contributed by atoms with E-state index in [9.17, 15) is 9.59 Å². The standard InChI is InChI=1S/C12H11ClN4O2S/c1-7-16-17-12(20-7)15-10(18)6-14-11(19)8-4-2-3-5-9(8)13/h2-5H,6H2,1H3,(H,14,19)(H,15,17,18). The van der Waals surface area contributed by atoms with Gasteiger partial charge in [-0.3, -0.25) is 14.9 Å². The van der Waals surface area contributed by atoms with Gasteiger partial charge in [-0.2, -0.15) is 0 Å². The van der Waals surface area contributed by atoms with Crippen LogP contribution >= 0.6 is 22.9 Å². The van der Waals surface area contributed by atoms with E-state index in [-0.39, 0.29) is 12.5 Å². The number of benzene rings is 1.